The Bertz CT molecular complexity index is 136. The molecule has 2 atom stereocenters. The zero-order valence-corrected chi connectivity index (χ0v) is 6.86. The van der Waals surface area contributed by atoms with E-state index in [1.165, 1.54) is 0 Å². The van der Waals surface area contributed by atoms with Gasteiger partial charge in [-0.25, -0.2) is 0 Å². The van der Waals surface area contributed by atoms with Crippen LogP contribution in [-0.2, 0) is 4.79 Å². The van der Waals surface area contributed by atoms with E-state index < -0.39 is 5.97 Å². The smallest absolute Gasteiger partial charge is 0.307 e. The number of hydrogen-bond donors (Lipinski definition) is 1. The van der Waals surface area contributed by atoms with Crippen LogP contribution >= 0.6 is 11.8 Å². The Hall–Kier alpha value is -0.180. The van der Waals surface area contributed by atoms with Crippen molar-refractivity contribution in [2.75, 3.05) is 5.75 Å². The molecule has 0 spiro atoms. The van der Waals surface area contributed by atoms with Crippen molar-refractivity contribution < 1.29 is 9.90 Å². The molecule has 0 aromatic carbocycles. The molecule has 10 heavy (non-hydrogen) atoms. The summed E-state index contributed by atoms with van der Waals surface area (Å²) in [5.74, 6) is 0.458. The standard InChI is InChI=1S/C7H12O2S/c1-2-3-10-6-4-5(6)7(8)9/h5-6H,2-4H2,1H3,(H,8,9). The Morgan fingerprint density at radius 3 is 2.90 bits per heavy atom. The maximum Gasteiger partial charge on any atom is 0.307 e. The minimum Gasteiger partial charge on any atom is -0.481 e. The summed E-state index contributed by atoms with van der Waals surface area (Å²) < 4.78 is 0. The van der Waals surface area contributed by atoms with Crippen LogP contribution in [-0.4, -0.2) is 22.1 Å². The quantitative estimate of drug-likeness (QED) is 0.678. The van der Waals surface area contributed by atoms with E-state index in [4.69, 9.17) is 5.11 Å². The van der Waals surface area contributed by atoms with Crippen molar-refractivity contribution in [3.05, 3.63) is 0 Å². The van der Waals surface area contributed by atoms with E-state index in [1.807, 2.05) is 0 Å². The van der Waals surface area contributed by atoms with Gasteiger partial charge < -0.3 is 5.11 Å². The monoisotopic (exact) mass is 160 g/mol. The lowest BCUT2D eigenvalue weighted by Crippen LogP contribution is -2.00. The van der Waals surface area contributed by atoms with Crippen molar-refractivity contribution in [3.8, 4) is 0 Å². The highest BCUT2D eigenvalue weighted by Gasteiger charge is 2.43. The second-order valence-electron chi connectivity index (χ2n) is 2.59. The zero-order valence-electron chi connectivity index (χ0n) is 6.04. The van der Waals surface area contributed by atoms with Gasteiger partial charge in [0.15, 0.2) is 0 Å². The number of rotatable bonds is 4. The van der Waals surface area contributed by atoms with Crippen LogP contribution in [0.4, 0.5) is 0 Å². The second-order valence-corrected chi connectivity index (χ2v) is 3.94. The molecule has 2 unspecified atom stereocenters. The summed E-state index contributed by atoms with van der Waals surface area (Å²) in [6.45, 7) is 2.12. The first-order valence-corrected chi connectivity index (χ1v) is 4.65. The fraction of sp³-hybridized carbons (Fsp3) is 0.857. The third-order valence-electron chi connectivity index (χ3n) is 1.59. The molecule has 1 fully saturated rings. The molecule has 0 amide bonds. The van der Waals surface area contributed by atoms with Crippen LogP contribution in [0.3, 0.4) is 0 Å². The highest BCUT2D eigenvalue weighted by molar-refractivity contribution is 8.00. The lowest BCUT2D eigenvalue weighted by molar-refractivity contribution is -0.138. The van der Waals surface area contributed by atoms with Gasteiger partial charge in [0, 0.05) is 5.25 Å². The molecule has 0 bridgehead atoms. The van der Waals surface area contributed by atoms with E-state index in [0.29, 0.717) is 5.25 Å². The van der Waals surface area contributed by atoms with E-state index in [1.54, 1.807) is 11.8 Å². The molecule has 1 saturated carbocycles. The maximum absolute atomic E-state index is 10.3. The van der Waals surface area contributed by atoms with Crippen molar-refractivity contribution in [1.29, 1.82) is 0 Å². The molecule has 0 aromatic rings. The molecule has 58 valence electrons. The van der Waals surface area contributed by atoms with Crippen molar-refractivity contribution in [1.82, 2.24) is 0 Å². The highest BCUT2D eigenvalue weighted by Crippen LogP contribution is 2.41. The molecule has 0 heterocycles. The number of thioether (sulfide) groups is 1. The Morgan fingerprint density at radius 1 is 1.80 bits per heavy atom. The molecule has 0 aliphatic heterocycles. The Kier molecular flexibility index (Phi) is 2.60. The SMILES string of the molecule is CCCSC1CC1C(=O)O. The number of aliphatic carboxylic acids is 1. The summed E-state index contributed by atoms with van der Waals surface area (Å²) in [6, 6.07) is 0. The van der Waals surface area contributed by atoms with Crippen molar-refractivity contribution in [3.63, 3.8) is 0 Å². The lowest BCUT2D eigenvalue weighted by atomic mass is 10.4. The fourth-order valence-electron chi connectivity index (χ4n) is 0.885. The number of carboxylic acid groups (broad SMARTS) is 1. The van der Waals surface area contributed by atoms with Gasteiger partial charge in [0.1, 0.15) is 0 Å². The zero-order chi connectivity index (χ0) is 7.56. The first-order valence-electron chi connectivity index (χ1n) is 3.60. The summed E-state index contributed by atoms with van der Waals surface area (Å²) in [5.41, 5.74) is 0. The van der Waals surface area contributed by atoms with Crippen LogP contribution in [0.15, 0.2) is 0 Å². The molecule has 0 radical (unpaired) electrons. The van der Waals surface area contributed by atoms with Crippen LogP contribution in [0.5, 0.6) is 0 Å². The Morgan fingerprint density at radius 2 is 2.50 bits per heavy atom. The topological polar surface area (TPSA) is 37.3 Å². The second kappa shape index (κ2) is 3.28. The van der Waals surface area contributed by atoms with Gasteiger partial charge in [-0.2, -0.15) is 11.8 Å². The fourth-order valence-corrected chi connectivity index (χ4v) is 2.12. The van der Waals surface area contributed by atoms with Gasteiger partial charge in [-0.3, -0.25) is 4.79 Å². The van der Waals surface area contributed by atoms with Crippen LogP contribution in [0.2, 0.25) is 0 Å². The molecule has 0 saturated heterocycles. The molecule has 0 aromatic heterocycles. The minimum atomic E-state index is -0.617. The van der Waals surface area contributed by atoms with Crippen LogP contribution in [0.25, 0.3) is 0 Å². The summed E-state index contributed by atoms with van der Waals surface area (Å²) in [5, 5.41) is 8.94. The molecule has 1 aliphatic carbocycles. The van der Waals surface area contributed by atoms with Gasteiger partial charge in [-0.15, -0.1) is 0 Å². The molecular formula is C7H12O2S. The normalized spacial score (nSPS) is 30.1. The summed E-state index contributed by atoms with van der Waals surface area (Å²) in [4.78, 5) is 10.3. The largest absolute Gasteiger partial charge is 0.481 e. The molecule has 1 rings (SSSR count). The predicted octanol–water partition coefficient (Wildman–Crippen LogP) is 1.60. The number of hydrogen-bond acceptors (Lipinski definition) is 2. The van der Waals surface area contributed by atoms with E-state index in [2.05, 4.69) is 6.92 Å². The van der Waals surface area contributed by atoms with Gasteiger partial charge in [-0.1, -0.05) is 6.92 Å². The van der Waals surface area contributed by atoms with E-state index in [0.717, 1.165) is 18.6 Å². The minimum absolute atomic E-state index is 0.0310. The van der Waals surface area contributed by atoms with E-state index >= 15 is 0 Å². The molecule has 3 heteroatoms. The van der Waals surface area contributed by atoms with E-state index in [9.17, 15) is 4.79 Å². The Labute approximate surface area is 65.0 Å². The highest BCUT2D eigenvalue weighted by atomic mass is 32.2. The first-order chi connectivity index (χ1) is 4.75. The average molecular weight is 160 g/mol. The third-order valence-corrected chi connectivity index (χ3v) is 3.18. The first kappa shape index (κ1) is 7.92. The van der Waals surface area contributed by atoms with Gasteiger partial charge in [0.2, 0.25) is 0 Å². The molecule has 1 aliphatic rings. The molecule has 1 N–H and O–H groups in total. The average Bonchev–Trinajstić information content (AvgIpc) is 2.62. The van der Waals surface area contributed by atoms with Crippen LogP contribution < -0.4 is 0 Å². The number of carbonyl (C=O) groups is 1. The van der Waals surface area contributed by atoms with Gasteiger partial charge in [0.25, 0.3) is 0 Å². The van der Waals surface area contributed by atoms with Gasteiger partial charge >= 0.3 is 5.97 Å². The maximum atomic E-state index is 10.3. The predicted molar refractivity (Wildman–Crippen MR) is 42.3 cm³/mol. The van der Waals surface area contributed by atoms with Crippen LogP contribution in [0.1, 0.15) is 19.8 Å². The van der Waals surface area contributed by atoms with Crippen molar-refractivity contribution >= 4 is 17.7 Å². The third kappa shape index (κ3) is 1.90. The van der Waals surface area contributed by atoms with Crippen molar-refractivity contribution in [2.45, 2.75) is 25.0 Å². The van der Waals surface area contributed by atoms with E-state index in [-0.39, 0.29) is 5.92 Å². The van der Waals surface area contributed by atoms with Crippen LogP contribution in [0, 0.1) is 5.92 Å². The van der Waals surface area contributed by atoms with Gasteiger partial charge in [-0.05, 0) is 18.6 Å². The summed E-state index contributed by atoms with van der Waals surface area (Å²) >= 11 is 1.80. The number of carboxylic acids is 1. The molecular weight excluding hydrogens is 148 g/mol. The van der Waals surface area contributed by atoms with Crippen molar-refractivity contribution in [2.24, 2.45) is 5.92 Å². The van der Waals surface area contributed by atoms with Gasteiger partial charge in [0.05, 0.1) is 5.92 Å². The Balaban J connectivity index is 2.08. The summed E-state index contributed by atoms with van der Waals surface area (Å²) in [7, 11) is 0. The lowest BCUT2D eigenvalue weighted by Gasteiger charge is -1.93. The summed E-state index contributed by atoms with van der Waals surface area (Å²) in [6.07, 6.45) is 2.04. The molecule has 2 nitrogen and oxygen atoms in total.